The average molecular weight is 302 g/mol. The van der Waals surface area contributed by atoms with E-state index in [0.29, 0.717) is 5.13 Å². The summed E-state index contributed by atoms with van der Waals surface area (Å²) in [5.41, 5.74) is 0. The molecule has 4 nitrogen and oxygen atoms in total. The number of carbonyl (C=O) groups excluding carboxylic acids is 1. The molecule has 0 aromatic carbocycles. The van der Waals surface area contributed by atoms with E-state index >= 15 is 0 Å². The Morgan fingerprint density at radius 1 is 1.42 bits per heavy atom. The SMILES string of the molecule is CC(Cl)C(=O)Nc1nnc(CCC2CCCCC2)s1. The van der Waals surface area contributed by atoms with Crippen LogP contribution in [0, 0.1) is 5.92 Å². The van der Waals surface area contributed by atoms with Gasteiger partial charge < -0.3 is 0 Å². The maximum atomic E-state index is 11.4. The van der Waals surface area contributed by atoms with Crippen LogP contribution in [0.4, 0.5) is 5.13 Å². The largest absolute Gasteiger partial charge is 0.299 e. The van der Waals surface area contributed by atoms with Crippen LogP contribution in [0.5, 0.6) is 0 Å². The quantitative estimate of drug-likeness (QED) is 0.845. The second-order valence-electron chi connectivity index (χ2n) is 5.15. The lowest BCUT2D eigenvalue weighted by Gasteiger charge is -2.20. The minimum atomic E-state index is -0.547. The van der Waals surface area contributed by atoms with Crippen molar-refractivity contribution in [3.8, 4) is 0 Å². The van der Waals surface area contributed by atoms with E-state index in [1.54, 1.807) is 6.92 Å². The molecule has 1 heterocycles. The normalized spacial score (nSPS) is 18.2. The van der Waals surface area contributed by atoms with Gasteiger partial charge in [0.2, 0.25) is 11.0 Å². The smallest absolute Gasteiger partial charge is 0.243 e. The van der Waals surface area contributed by atoms with E-state index in [2.05, 4.69) is 15.5 Å². The van der Waals surface area contributed by atoms with Gasteiger partial charge >= 0.3 is 0 Å². The van der Waals surface area contributed by atoms with Gasteiger partial charge in [-0.05, 0) is 19.3 Å². The topological polar surface area (TPSA) is 54.9 Å². The number of aromatic nitrogens is 2. The number of hydrogen-bond donors (Lipinski definition) is 1. The molecule has 1 saturated carbocycles. The number of hydrogen-bond acceptors (Lipinski definition) is 4. The first-order valence-corrected chi connectivity index (χ1v) is 8.18. The number of anilines is 1. The van der Waals surface area contributed by atoms with Crippen molar-refractivity contribution in [2.45, 2.75) is 57.2 Å². The van der Waals surface area contributed by atoms with Gasteiger partial charge in [-0.2, -0.15) is 0 Å². The standard InChI is InChI=1S/C13H20ClN3OS/c1-9(14)12(18)15-13-17-16-11(19-13)8-7-10-5-3-2-4-6-10/h9-10H,2-8H2,1H3,(H,15,17,18). The van der Waals surface area contributed by atoms with Crippen LogP contribution >= 0.6 is 22.9 Å². The second kappa shape index (κ2) is 7.20. The lowest BCUT2D eigenvalue weighted by molar-refractivity contribution is -0.115. The number of nitrogens with zero attached hydrogens (tertiary/aromatic N) is 2. The summed E-state index contributed by atoms with van der Waals surface area (Å²) in [6.07, 6.45) is 8.99. The molecule has 1 amide bonds. The van der Waals surface area contributed by atoms with Crippen LogP contribution in [0.2, 0.25) is 0 Å². The summed E-state index contributed by atoms with van der Waals surface area (Å²) < 4.78 is 0. The number of nitrogens with one attached hydrogen (secondary N) is 1. The first kappa shape index (κ1) is 14.7. The highest BCUT2D eigenvalue weighted by Gasteiger charge is 2.15. The van der Waals surface area contributed by atoms with Crippen LogP contribution in [0.3, 0.4) is 0 Å². The summed E-state index contributed by atoms with van der Waals surface area (Å²) in [4.78, 5) is 11.4. The third-order valence-electron chi connectivity index (χ3n) is 3.55. The number of halogens is 1. The van der Waals surface area contributed by atoms with Gasteiger partial charge in [-0.25, -0.2) is 0 Å². The third-order valence-corrected chi connectivity index (χ3v) is 4.65. The molecule has 1 fully saturated rings. The molecule has 19 heavy (non-hydrogen) atoms. The Kier molecular flexibility index (Phi) is 5.58. The minimum absolute atomic E-state index is 0.225. The van der Waals surface area contributed by atoms with Crippen LogP contribution in [0.25, 0.3) is 0 Å². The van der Waals surface area contributed by atoms with E-state index in [1.807, 2.05) is 0 Å². The maximum Gasteiger partial charge on any atom is 0.243 e. The number of alkyl halides is 1. The Bertz CT molecular complexity index is 416. The molecule has 1 atom stereocenters. The van der Waals surface area contributed by atoms with Crippen LogP contribution in [0.1, 0.15) is 50.5 Å². The number of rotatable bonds is 5. The van der Waals surface area contributed by atoms with Gasteiger partial charge in [-0.15, -0.1) is 21.8 Å². The van der Waals surface area contributed by atoms with Gasteiger partial charge in [0.25, 0.3) is 0 Å². The van der Waals surface area contributed by atoms with Gasteiger partial charge in [0, 0.05) is 6.42 Å². The molecule has 0 aliphatic heterocycles. The first-order valence-electron chi connectivity index (χ1n) is 6.92. The Hall–Kier alpha value is -0.680. The van der Waals surface area contributed by atoms with E-state index in [1.165, 1.54) is 49.9 Å². The van der Waals surface area contributed by atoms with Gasteiger partial charge in [-0.1, -0.05) is 43.4 Å². The number of amides is 1. The second-order valence-corrected chi connectivity index (χ2v) is 6.87. The zero-order valence-corrected chi connectivity index (χ0v) is 12.8. The highest BCUT2D eigenvalue weighted by molar-refractivity contribution is 7.15. The fourth-order valence-corrected chi connectivity index (χ4v) is 3.23. The zero-order chi connectivity index (χ0) is 13.7. The monoisotopic (exact) mass is 301 g/mol. The van der Waals surface area contributed by atoms with Gasteiger partial charge in [-0.3, -0.25) is 10.1 Å². The van der Waals surface area contributed by atoms with E-state index in [4.69, 9.17) is 11.6 Å². The van der Waals surface area contributed by atoms with Crippen molar-refractivity contribution in [2.24, 2.45) is 5.92 Å². The van der Waals surface area contributed by atoms with E-state index in [9.17, 15) is 4.79 Å². The summed E-state index contributed by atoms with van der Waals surface area (Å²) in [7, 11) is 0. The van der Waals surface area contributed by atoms with E-state index in [0.717, 1.165) is 17.3 Å². The van der Waals surface area contributed by atoms with Crippen molar-refractivity contribution in [1.29, 1.82) is 0 Å². The Labute approximate surface area is 123 Å². The van der Waals surface area contributed by atoms with Crippen LogP contribution in [-0.4, -0.2) is 21.5 Å². The van der Waals surface area contributed by atoms with Gasteiger partial charge in [0.15, 0.2) is 0 Å². The molecular weight excluding hydrogens is 282 g/mol. The highest BCUT2D eigenvalue weighted by atomic mass is 35.5. The highest BCUT2D eigenvalue weighted by Crippen LogP contribution is 2.28. The Morgan fingerprint density at radius 2 is 2.16 bits per heavy atom. The van der Waals surface area contributed by atoms with Gasteiger partial charge in [0.05, 0.1) is 0 Å². The van der Waals surface area contributed by atoms with Crippen molar-refractivity contribution in [2.75, 3.05) is 5.32 Å². The molecule has 1 aromatic heterocycles. The molecule has 0 saturated heterocycles. The van der Waals surface area contributed by atoms with E-state index < -0.39 is 5.38 Å². The van der Waals surface area contributed by atoms with Crippen molar-refractivity contribution in [3.63, 3.8) is 0 Å². The molecule has 1 aliphatic rings. The number of aryl methyl sites for hydroxylation is 1. The molecule has 2 rings (SSSR count). The maximum absolute atomic E-state index is 11.4. The van der Waals surface area contributed by atoms with Crippen LogP contribution in [-0.2, 0) is 11.2 Å². The molecule has 0 bridgehead atoms. The van der Waals surface area contributed by atoms with Crippen LogP contribution < -0.4 is 5.32 Å². The number of carbonyl (C=O) groups is 1. The molecule has 0 radical (unpaired) electrons. The summed E-state index contributed by atoms with van der Waals surface area (Å²) >= 11 is 7.15. The summed E-state index contributed by atoms with van der Waals surface area (Å²) in [6.45, 7) is 1.64. The first-order chi connectivity index (χ1) is 9.15. The molecule has 106 valence electrons. The van der Waals surface area contributed by atoms with Crippen molar-refractivity contribution >= 4 is 34.0 Å². The molecule has 1 N–H and O–H groups in total. The predicted octanol–water partition coefficient (Wildman–Crippen LogP) is 3.62. The molecule has 1 unspecified atom stereocenters. The fourth-order valence-electron chi connectivity index (χ4n) is 2.41. The summed E-state index contributed by atoms with van der Waals surface area (Å²) in [5, 5.41) is 11.8. The van der Waals surface area contributed by atoms with E-state index in [-0.39, 0.29) is 5.91 Å². The third kappa shape index (κ3) is 4.73. The van der Waals surface area contributed by atoms with Crippen LogP contribution in [0.15, 0.2) is 0 Å². The Balaban J connectivity index is 1.78. The average Bonchev–Trinajstić information content (AvgIpc) is 2.85. The molecule has 1 aliphatic carbocycles. The molecule has 6 heteroatoms. The summed E-state index contributed by atoms with van der Waals surface area (Å²) in [5.74, 6) is 0.621. The van der Waals surface area contributed by atoms with Crippen molar-refractivity contribution < 1.29 is 4.79 Å². The van der Waals surface area contributed by atoms with Crippen molar-refractivity contribution in [1.82, 2.24) is 10.2 Å². The fraction of sp³-hybridized carbons (Fsp3) is 0.769. The van der Waals surface area contributed by atoms with Crippen molar-refractivity contribution in [3.05, 3.63) is 5.01 Å². The molecular formula is C13H20ClN3OS. The lowest BCUT2D eigenvalue weighted by atomic mass is 9.86. The summed E-state index contributed by atoms with van der Waals surface area (Å²) in [6, 6.07) is 0. The zero-order valence-electron chi connectivity index (χ0n) is 11.2. The lowest BCUT2D eigenvalue weighted by Crippen LogP contribution is -2.20. The molecule has 1 aromatic rings. The minimum Gasteiger partial charge on any atom is -0.299 e. The Morgan fingerprint density at radius 3 is 2.84 bits per heavy atom. The molecule has 0 spiro atoms. The van der Waals surface area contributed by atoms with Gasteiger partial charge in [0.1, 0.15) is 10.4 Å². The predicted molar refractivity (Wildman–Crippen MR) is 78.7 cm³/mol.